The van der Waals surface area contributed by atoms with Gasteiger partial charge in [0, 0.05) is 24.2 Å². The van der Waals surface area contributed by atoms with Crippen molar-refractivity contribution in [2.45, 2.75) is 32.9 Å². The normalized spacial score (nSPS) is 15.5. The molecule has 3 aromatic rings. The molecule has 8 heteroatoms. The molecule has 0 N–H and O–H groups in total. The van der Waals surface area contributed by atoms with E-state index in [4.69, 9.17) is 0 Å². The maximum Gasteiger partial charge on any atom is 0.269 e. The van der Waals surface area contributed by atoms with Crippen molar-refractivity contribution in [2.24, 2.45) is 0 Å². The minimum atomic E-state index is -0.988. The van der Waals surface area contributed by atoms with Crippen LogP contribution < -0.4 is 4.90 Å². The molecule has 1 fully saturated rings. The van der Waals surface area contributed by atoms with Crippen LogP contribution in [0.1, 0.15) is 33.5 Å². The topological polar surface area (TPSA) is 101 Å². The van der Waals surface area contributed by atoms with Crippen LogP contribution in [0.2, 0.25) is 0 Å². The summed E-state index contributed by atoms with van der Waals surface area (Å²) in [6.07, 6.45) is -0.142. The maximum absolute atomic E-state index is 13.5. The molecule has 0 radical (unpaired) electrons. The van der Waals surface area contributed by atoms with Crippen LogP contribution in [-0.4, -0.2) is 33.6 Å². The van der Waals surface area contributed by atoms with E-state index in [2.05, 4.69) is 0 Å². The number of hydrogen-bond acceptors (Lipinski definition) is 5. The first kappa shape index (κ1) is 22.8. The molecule has 34 heavy (non-hydrogen) atoms. The number of hydrogen-bond donors (Lipinski definition) is 0. The van der Waals surface area contributed by atoms with Gasteiger partial charge in [0.1, 0.15) is 6.04 Å². The number of nitrogens with zero attached hydrogens (tertiary/aromatic N) is 3. The zero-order valence-corrected chi connectivity index (χ0v) is 18.8. The molecule has 1 aliphatic heterocycles. The quantitative estimate of drug-likeness (QED) is 0.314. The number of aryl methyl sites for hydroxylation is 2. The number of non-ortho nitro benzene ring substituents is 1. The molecule has 8 nitrogen and oxygen atoms in total. The highest BCUT2D eigenvalue weighted by Crippen LogP contribution is 2.28. The predicted octanol–water partition coefficient (Wildman–Crippen LogP) is 4.19. The van der Waals surface area contributed by atoms with Gasteiger partial charge in [0.25, 0.3) is 17.5 Å². The fourth-order valence-electron chi connectivity index (χ4n) is 3.93. The van der Waals surface area contributed by atoms with Crippen molar-refractivity contribution in [3.05, 3.63) is 105 Å². The Hall–Kier alpha value is -4.33. The molecule has 0 bridgehead atoms. The summed E-state index contributed by atoms with van der Waals surface area (Å²) < 4.78 is 0. The Labute approximate surface area is 196 Å². The number of imide groups is 1. The van der Waals surface area contributed by atoms with Gasteiger partial charge in [-0.05, 0) is 43.7 Å². The Bertz CT molecular complexity index is 1250. The number of carbonyl (C=O) groups is 3. The summed E-state index contributed by atoms with van der Waals surface area (Å²) in [7, 11) is 0. The lowest BCUT2D eigenvalue weighted by Gasteiger charge is -2.28. The molecule has 172 valence electrons. The van der Waals surface area contributed by atoms with Crippen molar-refractivity contribution in [3.8, 4) is 0 Å². The lowest BCUT2D eigenvalue weighted by molar-refractivity contribution is -0.384. The molecular formula is C26H23N3O5. The Morgan fingerprint density at radius 3 is 2.06 bits per heavy atom. The fraction of sp³-hybridized carbons (Fsp3) is 0.192. The minimum Gasteiger partial charge on any atom is -0.322 e. The zero-order chi connectivity index (χ0) is 24.4. The van der Waals surface area contributed by atoms with Crippen molar-refractivity contribution >= 4 is 29.1 Å². The molecule has 0 aliphatic carbocycles. The van der Waals surface area contributed by atoms with Gasteiger partial charge >= 0.3 is 0 Å². The van der Waals surface area contributed by atoms with Crippen LogP contribution in [0.5, 0.6) is 0 Å². The van der Waals surface area contributed by atoms with E-state index in [-0.39, 0.29) is 30.1 Å². The van der Waals surface area contributed by atoms with Crippen LogP contribution >= 0.6 is 0 Å². The second-order valence-electron chi connectivity index (χ2n) is 8.35. The summed E-state index contributed by atoms with van der Waals surface area (Å²) in [4.78, 5) is 52.7. The SMILES string of the molecule is Cc1ccc(CN(C(=O)c2ccc([N+](=O)[O-])cc2)C2CC(=O)N(c3ccc(C)cc3)C2=O)cc1. The average Bonchev–Trinajstić information content (AvgIpc) is 3.12. The largest absolute Gasteiger partial charge is 0.322 e. The molecule has 0 aromatic heterocycles. The van der Waals surface area contributed by atoms with E-state index in [9.17, 15) is 24.5 Å². The lowest BCUT2D eigenvalue weighted by Crippen LogP contribution is -2.45. The molecule has 1 atom stereocenters. The van der Waals surface area contributed by atoms with E-state index in [1.165, 1.54) is 29.2 Å². The van der Waals surface area contributed by atoms with E-state index in [1.54, 1.807) is 12.1 Å². The molecule has 1 aliphatic rings. The first-order valence-electron chi connectivity index (χ1n) is 10.8. The van der Waals surface area contributed by atoms with Gasteiger partial charge in [0.15, 0.2) is 0 Å². The number of nitro benzene ring substituents is 1. The van der Waals surface area contributed by atoms with Gasteiger partial charge in [0.05, 0.1) is 17.0 Å². The third-order valence-electron chi connectivity index (χ3n) is 5.85. The van der Waals surface area contributed by atoms with E-state index in [0.717, 1.165) is 21.6 Å². The van der Waals surface area contributed by atoms with Gasteiger partial charge in [-0.3, -0.25) is 24.5 Å². The smallest absolute Gasteiger partial charge is 0.269 e. The predicted molar refractivity (Wildman–Crippen MR) is 126 cm³/mol. The summed E-state index contributed by atoms with van der Waals surface area (Å²) in [6.45, 7) is 3.97. The number of amides is 3. The summed E-state index contributed by atoms with van der Waals surface area (Å²) in [6, 6.07) is 18.8. The van der Waals surface area contributed by atoms with Crippen molar-refractivity contribution < 1.29 is 19.3 Å². The highest BCUT2D eigenvalue weighted by molar-refractivity contribution is 6.23. The van der Waals surface area contributed by atoms with E-state index in [1.807, 2.05) is 50.2 Å². The van der Waals surface area contributed by atoms with Gasteiger partial charge in [-0.15, -0.1) is 0 Å². The molecule has 3 amide bonds. The molecule has 0 saturated carbocycles. The van der Waals surface area contributed by atoms with Gasteiger partial charge in [0.2, 0.25) is 5.91 Å². The average molecular weight is 457 g/mol. The van der Waals surface area contributed by atoms with Gasteiger partial charge in [-0.1, -0.05) is 47.5 Å². The van der Waals surface area contributed by atoms with E-state index >= 15 is 0 Å². The third-order valence-corrected chi connectivity index (χ3v) is 5.85. The summed E-state index contributed by atoms with van der Waals surface area (Å²) in [5.74, 6) is -1.34. The van der Waals surface area contributed by atoms with Crippen LogP contribution in [0.25, 0.3) is 0 Å². The molecule has 0 spiro atoms. The second kappa shape index (κ2) is 9.27. The highest BCUT2D eigenvalue weighted by atomic mass is 16.6. The Balaban J connectivity index is 1.68. The Morgan fingerprint density at radius 2 is 1.50 bits per heavy atom. The van der Waals surface area contributed by atoms with Crippen LogP contribution in [0.4, 0.5) is 11.4 Å². The number of anilines is 1. The number of carbonyl (C=O) groups excluding carboxylic acids is 3. The monoisotopic (exact) mass is 457 g/mol. The molecule has 1 saturated heterocycles. The first-order valence-corrected chi connectivity index (χ1v) is 10.8. The zero-order valence-electron chi connectivity index (χ0n) is 18.8. The third kappa shape index (κ3) is 4.56. The number of rotatable bonds is 6. The maximum atomic E-state index is 13.5. The molecule has 3 aromatic carbocycles. The standard InChI is InChI=1S/C26H23N3O5/c1-17-3-7-19(8-4-17)16-27(25(31)20-9-13-22(14-10-20)29(33)34)23-15-24(30)28(26(23)32)21-11-5-18(2)6-12-21/h3-14,23H,15-16H2,1-2H3. The van der Waals surface area contributed by atoms with Crippen molar-refractivity contribution in [1.82, 2.24) is 4.90 Å². The lowest BCUT2D eigenvalue weighted by atomic mass is 10.1. The first-order chi connectivity index (χ1) is 16.2. The molecular weight excluding hydrogens is 434 g/mol. The van der Waals surface area contributed by atoms with Crippen molar-refractivity contribution in [2.75, 3.05) is 4.90 Å². The minimum absolute atomic E-state index is 0.113. The van der Waals surface area contributed by atoms with E-state index < -0.39 is 22.8 Å². The van der Waals surface area contributed by atoms with Gasteiger partial charge in [-0.25, -0.2) is 4.90 Å². The summed E-state index contributed by atoms with van der Waals surface area (Å²) >= 11 is 0. The Kier molecular flexibility index (Phi) is 6.23. The number of nitro groups is 1. The van der Waals surface area contributed by atoms with Crippen LogP contribution in [-0.2, 0) is 16.1 Å². The highest BCUT2D eigenvalue weighted by Gasteiger charge is 2.44. The fourth-order valence-corrected chi connectivity index (χ4v) is 3.93. The second-order valence-corrected chi connectivity index (χ2v) is 8.35. The summed E-state index contributed by atoms with van der Waals surface area (Å²) in [5.41, 5.74) is 3.37. The number of benzene rings is 3. The van der Waals surface area contributed by atoms with Gasteiger partial charge < -0.3 is 4.90 Å². The van der Waals surface area contributed by atoms with Crippen molar-refractivity contribution in [3.63, 3.8) is 0 Å². The Morgan fingerprint density at radius 1 is 0.941 bits per heavy atom. The van der Waals surface area contributed by atoms with Crippen LogP contribution in [0.15, 0.2) is 72.8 Å². The molecule has 1 heterocycles. The summed E-state index contributed by atoms with van der Waals surface area (Å²) in [5, 5.41) is 11.0. The van der Waals surface area contributed by atoms with Crippen molar-refractivity contribution in [1.29, 1.82) is 0 Å². The molecule has 4 rings (SSSR count). The van der Waals surface area contributed by atoms with E-state index in [0.29, 0.717) is 5.69 Å². The van der Waals surface area contributed by atoms with Crippen LogP contribution in [0.3, 0.4) is 0 Å². The van der Waals surface area contributed by atoms with Crippen LogP contribution in [0, 0.1) is 24.0 Å². The van der Waals surface area contributed by atoms with Gasteiger partial charge in [-0.2, -0.15) is 0 Å². The molecule has 1 unspecified atom stereocenters.